The summed E-state index contributed by atoms with van der Waals surface area (Å²) in [5.41, 5.74) is 3.81. The van der Waals surface area contributed by atoms with Gasteiger partial charge in [-0.1, -0.05) is 57.2 Å². The second kappa shape index (κ2) is 4.93. The second-order valence-electron chi connectivity index (χ2n) is 5.94. The molecular formula is C17H19F. The molecule has 0 saturated heterocycles. The maximum absolute atomic E-state index is 12.9. The van der Waals surface area contributed by atoms with Gasteiger partial charge >= 0.3 is 0 Å². The summed E-state index contributed by atoms with van der Waals surface area (Å²) in [7, 11) is 0. The molecule has 0 aliphatic heterocycles. The molecule has 0 radical (unpaired) electrons. The Morgan fingerprint density at radius 3 is 2.17 bits per heavy atom. The molecule has 1 heteroatoms. The SMILES string of the molecule is CC(C)(C)Cc1cccc(-c2ccc(F)cc2)c1. The van der Waals surface area contributed by atoms with Crippen LogP contribution in [0, 0.1) is 11.2 Å². The average Bonchev–Trinajstić information content (AvgIpc) is 2.28. The number of hydrogen-bond donors (Lipinski definition) is 0. The summed E-state index contributed by atoms with van der Waals surface area (Å²) in [5, 5.41) is 0. The van der Waals surface area contributed by atoms with Gasteiger partial charge in [-0.3, -0.25) is 0 Å². The summed E-state index contributed by atoms with van der Waals surface area (Å²) in [6.07, 6.45) is 1.04. The molecule has 0 spiro atoms. The van der Waals surface area contributed by atoms with Crippen molar-refractivity contribution in [3.05, 3.63) is 59.9 Å². The summed E-state index contributed by atoms with van der Waals surface area (Å²) in [6.45, 7) is 6.70. The van der Waals surface area contributed by atoms with Crippen molar-refractivity contribution in [1.29, 1.82) is 0 Å². The highest BCUT2D eigenvalue weighted by Crippen LogP contribution is 2.25. The molecule has 18 heavy (non-hydrogen) atoms. The third-order valence-electron chi connectivity index (χ3n) is 2.84. The van der Waals surface area contributed by atoms with E-state index in [1.165, 1.54) is 17.7 Å². The molecule has 2 aromatic rings. The molecular weight excluding hydrogens is 223 g/mol. The molecule has 0 aliphatic rings. The summed E-state index contributed by atoms with van der Waals surface area (Å²) < 4.78 is 12.9. The average molecular weight is 242 g/mol. The van der Waals surface area contributed by atoms with Crippen LogP contribution in [0.5, 0.6) is 0 Å². The molecule has 0 amide bonds. The molecule has 0 saturated carbocycles. The number of hydrogen-bond acceptors (Lipinski definition) is 0. The highest BCUT2D eigenvalue weighted by molar-refractivity contribution is 5.64. The maximum atomic E-state index is 12.9. The fourth-order valence-corrected chi connectivity index (χ4v) is 2.12. The van der Waals surface area contributed by atoms with Gasteiger partial charge in [0, 0.05) is 0 Å². The van der Waals surface area contributed by atoms with Crippen LogP contribution in [-0.4, -0.2) is 0 Å². The van der Waals surface area contributed by atoms with Gasteiger partial charge in [0.1, 0.15) is 5.82 Å². The van der Waals surface area contributed by atoms with Gasteiger partial charge in [-0.2, -0.15) is 0 Å². The zero-order valence-corrected chi connectivity index (χ0v) is 11.2. The first-order valence-electron chi connectivity index (χ1n) is 6.29. The van der Waals surface area contributed by atoms with E-state index in [1.54, 1.807) is 0 Å². The van der Waals surface area contributed by atoms with Crippen LogP contribution < -0.4 is 0 Å². The minimum absolute atomic E-state index is 0.190. The Balaban J connectivity index is 2.29. The highest BCUT2D eigenvalue weighted by Gasteiger charge is 2.11. The monoisotopic (exact) mass is 242 g/mol. The van der Waals surface area contributed by atoms with Gasteiger partial charge in [0.25, 0.3) is 0 Å². The molecule has 2 aromatic carbocycles. The predicted octanol–water partition coefficient (Wildman–Crippen LogP) is 5.08. The Morgan fingerprint density at radius 2 is 1.56 bits per heavy atom. The van der Waals surface area contributed by atoms with Crippen molar-refractivity contribution in [2.24, 2.45) is 5.41 Å². The minimum atomic E-state index is -0.190. The van der Waals surface area contributed by atoms with E-state index in [0.717, 1.165) is 17.5 Å². The third-order valence-corrected chi connectivity index (χ3v) is 2.84. The van der Waals surface area contributed by atoms with Crippen molar-refractivity contribution >= 4 is 0 Å². The smallest absolute Gasteiger partial charge is 0.123 e. The van der Waals surface area contributed by atoms with Crippen molar-refractivity contribution in [3.8, 4) is 11.1 Å². The summed E-state index contributed by atoms with van der Waals surface area (Å²) >= 11 is 0. The van der Waals surface area contributed by atoms with Crippen molar-refractivity contribution in [2.45, 2.75) is 27.2 Å². The van der Waals surface area contributed by atoms with Crippen molar-refractivity contribution in [3.63, 3.8) is 0 Å². The quantitative estimate of drug-likeness (QED) is 0.688. The Labute approximate surface area is 108 Å². The van der Waals surface area contributed by atoms with Crippen LogP contribution in [0.15, 0.2) is 48.5 Å². The lowest BCUT2D eigenvalue weighted by molar-refractivity contribution is 0.411. The molecule has 0 nitrogen and oxygen atoms in total. The van der Waals surface area contributed by atoms with Gasteiger partial charge in [-0.25, -0.2) is 4.39 Å². The van der Waals surface area contributed by atoms with Crippen LogP contribution in [-0.2, 0) is 6.42 Å². The van der Waals surface area contributed by atoms with Crippen molar-refractivity contribution in [1.82, 2.24) is 0 Å². The molecule has 0 N–H and O–H groups in total. The van der Waals surface area contributed by atoms with Gasteiger partial charge in [-0.15, -0.1) is 0 Å². The molecule has 0 aliphatic carbocycles. The standard InChI is InChI=1S/C17H19F/c1-17(2,3)12-13-5-4-6-15(11-13)14-7-9-16(18)10-8-14/h4-11H,12H2,1-3H3. The van der Waals surface area contributed by atoms with E-state index < -0.39 is 0 Å². The molecule has 0 atom stereocenters. The first kappa shape index (κ1) is 12.8. The van der Waals surface area contributed by atoms with E-state index in [9.17, 15) is 4.39 Å². The van der Waals surface area contributed by atoms with E-state index in [0.29, 0.717) is 0 Å². The van der Waals surface area contributed by atoms with Crippen LogP contribution in [0.4, 0.5) is 4.39 Å². The lowest BCUT2D eigenvalue weighted by atomic mass is 9.87. The highest BCUT2D eigenvalue weighted by atomic mass is 19.1. The molecule has 0 fully saturated rings. The lowest BCUT2D eigenvalue weighted by Crippen LogP contribution is -2.08. The molecule has 0 bridgehead atoms. The van der Waals surface area contributed by atoms with Crippen LogP contribution >= 0.6 is 0 Å². The fourth-order valence-electron chi connectivity index (χ4n) is 2.12. The van der Waals surface area contributed by atoms with Gasteiger partial charge in [0.15, 0.2) is 0 Å². The van der Waals surface area contributed by atoms with Crippen LogP contribution in [0.3, 0.4) is 0 Å². The Hall–Kier alpha value is -1.63. The predicted molar refractivity (Wildman–Crippen MR) is 75.0 cm³/mol. The van der Waals surface area contributed by atoms with Crippen molar-refractivity contribution < 1.29 is 4.39 Å². The Kier molecular flexibility index (Phi) is 3.51. The fraction of sp³-hybridized carbons (Fsp3) is 0.294. The molecule has 0 aromatic heterocycles. The second-order valence-corrected chi connectivity index (χ2v) is 5.94. The zero-order valence-electron chi connectivity index (χ0n) is 11.2. The van der Waals surface area contributed by atoms with Crippen LogP contribution in [0.1, 0.15) is 26.3 Å². The first-order valence-corrected chi connectivity index (χ1v) is 6.29. The summed E-state index contributed by atoms with van der Waals surface area (Å²) in [6, 6.07) is 15.1. The van der Waals surface area contributed by atoms with Gasteiger partial charge in [0.05, 0.1) is 0 Å². The largest absolute Gasteiger partial charge is 0.207 e. The zero-order chi connectivity index (χ0) is 13.2. The number of benzene rings is 2. The van der Waals surface area contributed by atoms with Gasteiger partial charge in [0.2, 0.25) is 0 Å². The molecule has 0 unspecified atom stereocenters. The van der Waals surface area contributed by atoms with E-state index in [1.807, 2.05) is 12.1 Å². The molecule has 0 heterocycles. The van der Waals surface area contributed by atoms with Crippen molar-refractivity contribution in [2.75, 3.05) is 0 Å². The Bertz CT molecular complexity index is 518. The minimum Gasteiger partial charge on any atom is -0.207 e. The molecule has 2 rings (SSSR count). The molecule has 94 valence electrons. The summed E-state index contributed by atoms with van der Waals surface area (Å²) in [5.74, 6) is -0.190. The van der Waals surface area contributed by atoms with Gasteiger partial charge < -0.3 is 0 Å². The van der Waals surface area contributed by atoms with E-state index in [-0.39, 0.29) is 11.2 Å². The maximum Gasteiger partial charge on any atom is 0.123 e. The lowest BCUT2D eigenvalue weighted by Gasteiger charge is -2.18. The number of rotatable bonds is 2. The van der Waals surface area contributed by atoms with Gasteiger partial charge in [-0.05, 0) is 40.7 Å². The normalized spacial score (nSPS) is 11.6. The summed E-state index contributed by atoms with van der Waals surface area (Å²) in [4.78, 5) is 0. The van der Waals surface area contributed by atoms with Crippen LogP contribution in [0.25, 0.3) is 11.1 Å². The third kappa shape index (κ3) is 3.43. The van der Waals surface area contributed by atoms with E-state index in [2.05, 4.69) is 45.0 Å². The Morgan fingerprint density at radius 1 is 0.889 bits per heavy atom. The number of halogens is 1. The van der Waals surface area contributed by atoms with E-state index in [4.69, 9.17) is 0 Å². The van der Waals surface area contributed by atoms with Crippen LogP contribution in [0.2, 0.25) is 0 Å². The first-order chi connectivity index (χ1) is 8.44. The van der Waals surface area contributed by atoms with E-state index >= 15 is 0 Å². The topological polar surface area (TPSA) is 0 Å².